The quantitative estimate of drug-likeness (QED) is 0.0572. The number of rotatable bonds is 30. The molecule has 0 fully saturated rings. The van der Waals surface area contributed by atoms with E-state index in [-0.39, 0.29) is 9.76 Å². The molecule has 0 saturated carbocycles. The van der Waals surface area contributed by atoms with Gasteiger partial charge in [-0.25, -0.2) is 0 Å². The third-order valence-corrected chi connectivity index (χ3v) is 40.8. The van der Waals surface area contributed by atoms with Gasteiger partial charge in [-0.15, -0.1) is 0 Å². The Kier molecular flexibility index (Phi) is 42.7. The van der Waals surface area contributed by atoms with Crippen LogP contribution in [0.15, 0.2) is 0 Å². The minimum absolute atomic E-state index is 0.0745. The molecule has 0 aromatic carbocycles. The molecule has 21 heteroatoms. The van der Waals surface area contributed by atoms with Crippen LogP contribution in [0.25, 0.3) is 0 Å². The maximum absolute atomic E-state index is 6.75. The summed E-state index contributed by atoms with van der Waals surface area (Å²) in [6, 6.07) is 6.62. The third-order valence-electron chi connectivity index (χ3n) is 6.64. The molecule has 0 rings (SSSR count). The van der Waals surface area contributed by atoms with Crippen molar-refractivity contribution in [2.24, 2.45) is 0 Å². The number of hydrogen-bond donors (Lipinski definition) is 0. The van der Waals surface area contributed by atoms with Gasteiger partial charge in [-0.1, -0.05) is 80.1 Å². The van der Waals surface area contributed by atoms with E-state index in [0.717, 1.165) is 49.5 Å². The first-order chi connectivity index (χ1) is 23.9. The van der Waals surface area contributed by atoms with E-state index in [1.165, 1.54) is 25.3 Å². The Labute approximate surface area is 339 Å². The topological polar surface area (TPSA) is 83.1 Å². The molecule has 0 saturated heterocycles. The molecule has 0 aliphatic carbocycles. The summed E-state index contributed by atoms with van der Waals surface area (Å²) >= 11 is 0. The lowest BCUT2D eigenvalue weighted by atomic mass is 10.6. The third kappa shape index (κ3) is 38.9. The van der Waals surface area contributed by atoms with Crippen molar-refractivity contribution < 1.29 is 37.0 Å². The molecule has 0 spiro atoms. The van der Waals surface area contributed by atoms with Crippen molar-refractivity contribution in [3.63, 3.8) is 0 Å². The zero-order valence-electron chi connectivity index (χ0n) is 37.1. The SMILES string of the molecule is CCC[SiH2]O[SiH](C)C.CCC[SiH](O[SiH](C)C)O[SiH](CCC)O[SiH](C)C.CCC[SiH](O[SiH](C)C)O[Si](CCC)(O[SiH](C)C)O[SiH](CCC)O[SiH](C)C. The van der Waals surface area contributed by atoms with Crippen molar-refractivity contribution in [2.75, 3.05) is 0 Å². The van der Waals surface area contributed by atoms with E-state index in [4.69, 9.17) is 37.0 Å². The second kappa shape index (κ2) is 37.8. The Morgan fingerprint density at radius 1 is 0.373 bits per heavy atom. The van der Waals surface area contributed by atoms with Crippen molar-refractivity contribution >= 4 is 110 Å². The van der Waals surface area contributed by atoms with Gasteiger partial charge in [0.15, 0.2) is 54.2 Å². The first-order valence-corrected chi connectivity index (χ1v) is 48.1. The summed E-state index contributed by atoms with van der Waals surface area (Å²) in [5, 5.41) is 0. The average Bonchev–Trinajstić information content (AvgIpc) is 2.97. The van der Waals surface area contributed by atoms with Crippen molar-refractivity contribution in [1.82, 2.24) is 0 Å². The van der Waals surface area contributed by atoms with E-state index < -0.39 is 100 Å². The first kappa shape index (κ1) is 57.6. The summed E-state index contributed by atoms with van der Waals surface area (Å²) < 4.78 is 56.7. The molecule has 4 unspecified atom stereocenters. The smallest absolute Gasteiger partial charge is 0.463 e. The first-order valence-electron chi connectivity index (χ1n) is 20.9. The zero-order valence-corrected chi connectivity index (χ0v) is 51.1. The fourth-order valence-corrected chi connectivity index (χ4v) is 38.1. The standard InChI is InChI=1S/C15H44O5Si6.C10H30O3Si4.C5H16OSi2/c1-10-13-24(16-21(4)5)19-26(15-12-3,18-23(8)9)20-25(14-11-2)17-22(6)7;1-7-9-16(11-14(3)4)13-17(10-8-2)12-15(5)6;1-4-5-7-6-8(2)3/h21-25H,10-15H2,1-9H3;14-17H,7-10H2,1-6H3;8H,4-5,7H2,1-3H3. The zero-order chi connectivity index (χ0) is 39.8. The van der Waals surface area contributed by atoms with Crippen LogP contribution in [-0.4, -0.2) is 110 Å². The second-order valence-electron chi connectivity index (χ2n) is 14.9. The minimum atomic E-state index is -2.71. The summed E-state index contributed by atoms with van der Waals surface area (Å²) in [6.45, 7) is 40.0. The van der Waals surface area contributed by atoms with Gasteiger partial charge in [0, 0.05) is 6.04 Å². The van der Waals surface area contributed by atoms with Crippen molar-refractivity contribution in [1.29, 1.82) is 0 Å². The van der Waals surface area contributed by atoms with Crippen LogP contribution in [-0.2, 0) is 37.0 Å². The highest BCUT2D eigenvalue weighted by Crippen LogP contribution is 2.25. The summed E-state index contributed by atoms with van der Waals surface area (Å²) in [7, 11) is -15.2. The van der Waals surface area contributed by atoms with Crippen molar-refractivity contribution in [3.8, 4) is 0 Å². The molecule has 0 bridgehead atoms. The number of hydrogen-bond acceptors (Lipinski definition) is 9. The molecular formula is C30H90O9Si12. The predicted molar refractivity (Wildman–Crippen MR) is 257 cm³/mol. The van der Waals surface area contributed by atoms with E-state index in [1.807, 2.05) is 0 Å². The lowest BCUT2D eigenvalue weighted by molar-refractivity contribution is 0.225. The normalized spacial score (nSPS) is 15.8. The van der Waals surface area contributed by atoms with Crippen LogP contribution in [0.1, 0.15) is 80.1 Å². The molecule has 4 atom stereocenters. The lowest BCUT2D eigenvalue weighted by Gasteiger charge is -2.38. The van der Waals surface area contributed by atoms with E-state index in [1.54, 1.807) is 0 Å². The Hall–Kier alpha value is 2.24. The molecule has 0 N–H and O–H groups in total. The highest BCUT2D eigenvalue weighted by atomic mass is 28.5. The summed E-state index contributed by atoms with van der Waals surface area (Å²) in [5.41, 5.74) is 0. The van der Waals surface area contributed by atoms with Gasteiger partial charge in [0.1, 0.15) is 9.76 Å². The van der Waals surface area contributed by atoms with Gasteiger partial charge < -0.3 is 37.0 Å². The van der Waals surface area contributed by atoms with Gasteiger partial charge in [-0.05, 0) is 109 Å². The average molecular weight is 932 g/mol. The van der Waals surface area contributed by atoms with Gasteiger partial charge in [-0.3, -0.25) is 0 Å². The monoisotopic (exact) mass is 930 g/mol. The molecule has 0 aliphatic heterocycles. The molecule has 0 aromatic rings. The molecule has 0 aliphatic rings. The van der Waals surface area contributed by atoms with E-state index >= 15 is 0 Å². The highest BCUT2D eigenvalue weighted by molar-refractivity contribution is 6.81. The minimum Gasteiger partial charge on any atom is -0.463 e. The maximum Gasteiger partial charge on any atom is 0.472 e. The largest absolute Gasteiger partial charge is 0.472 e. The summed E-state index contributed by atoms with van der Waals surface area (Å²) in [6.07, 6.45) is 6.87. The predicted octanol–water partition coefficient (Wildman–Crippen LogP) is 6.79. The van der Waals surface area contributed by atoms with Gasteiger partial charge in [0.2, 0.25) is 0 Å². The van der Waals surface area contributed by atoms with Crippen LogP contribution in [0.2, 0.25) is 115 Å². The van der Waals surface area contributed by atoms with Crippen molar-refractivity contribution in [3.05, 3.63) is 0 Å². The van der Waals surface area contributed by atoms with Crippen LogP contribution in [0.3, 0.4) is 0 Å². The lowest BCUT2D eigenvalue weighted by Crippen LogP contribution is -2.56. The molecule has 0 heterocycles. The van der Waals surface area contributed by atoms with Gasteiger partial charge in [0.25, 0.3) is 0 Å². The van der Waals surface area contributed by atoms with E-state index in [0.29, 0.717) is 0 Å². The molecule has 0 amide bonds. The Balaban J connectivity index is -0.000000784. The molecule has 0 aromatic heterocycles. The fourth-order valence-electron chi connectivity index (χ4n) is 4.76. The van der Waals surface area contributed by atoms with Crippen LogP contribution in [0.4, 0.5) is 0 Å². The van der Waals surface area contributed by atoms with E-state index in [2.05, 4.69) is 120 Å². The van der Waals surface area contributed by atoms with Crippen LogP contribution in [0.5, 0.6) is 0 Å². The Morgan fingerprint density at radius 3 is 1.00 bits per heavy atom. The Morgan fingerprint density at radius 2 is 0.725 bits per heavy atom. The van der Waals surface area contributed by atoms with Crippen LogP contribution < -0.4 is 0 Å². The van der Waals surface area contributed by atoms with Gasteiger partial charge >= 0.3 is 45.9 Å². The second-order valence-corrected chi connectivity index (χ2v) is 45.8. The van der Waals surface area contributed by atoms with Crippen molar-refractivity contribution in [2.45, 2.75) is 195 Å². The highest BCUT2D eigenvalue weighted by Gasteiger charge is 2.46. The van der Waals surface area contributed by atoms with Crippen LogP contribution >= 0.6 is 0 Å². The Bertz CT molecular complexity index is 696. The maximum atomic E-state index is 6.75. The molecule has 0 radical (unpaired) electrons. The van der Waals surface area contributed by atoms with E-state index in [9.17, 15) is 0 Å². The molecular weight excluding hydrogens is 841 g/mol. The van der Waals surface area contributed by atoms with Gasteiger partial charge in [0.05, 0.1) is 0 Å². The summed E-state index contributed by atoms with van der Waals surface area (Å²) in [4.78, 5) is 0. The molecule has 51 heavy (non-hydrogen) atoms. The molecule has 312 valence electrons. The van der Waals surface area contributed by atoms with Crippen LogP contribution in [0, 0.1) is 0 Å². The summed E-state index contributed by atoms with van der Waals surface area (Å²) in [5.74, 6) is 0. The van der Waals surface area contributed by atoms with Gasteiger partial charge in [-0.2, -0.15) is 0 Å². The fraction of sp³-hybridized carbons (Fsp3) is 1.00. The molecule has 9 nitrogen and oxygen atoms in total.